The molecular formula is C20H26N2O5. The van der Waals surface area contributed by atoms with Crippen molar-refractivity contribution in [3.05, 3.63) is 47.2 Å². The molecule has 1 atom stereocenters. The van der Waals surface area contributed by atoms with Crippen LogP contribution in [0.4, 0.5) is 0 Å². The first-order chi connectivity index (χ1) is 12.6. The second-order valence-corrected chi connectivity index (χ2v) is 7.52. The number of ether oxygens (including phenoxy) is 1. The number of rotatable bonds is 6. The van der Waals surface area contributed by atoms with E-state index in [1.165, 1.54) is 4.90 Å². The third kappa shape index (κ3) is 5.40. The summed E-state index contributed by atoms with van der Waals surface area (Å²) in [5.74, 6) is -1.33. The highest BCUT2D eigenvalue weighted by molar-refractivity contribution is 6.01. The van der Waals surface area contributed by atoms with Crippen LogP contribution >= 0.6 is 0 Å². The van der Waals surface area contributed by atoms with E-state index in [1.807, 2.05) is 30.3 Å². The molecule has 146 valence electrons. The number of amides is 2. The van der Waals surface area contributed by atoms with Gasteiger partial charge in [0.1, 0.15) is 17.3 Å². The molecule has 1 heterocycles. The van der Waals surface area contributed by atoms with Crippen molar-refractivity contribution in [1.29, 1.82) is 0 Å². The summed E-state index contributed by atoms with van der Waals surface area (Å²) in [6.45, 7) is 6.52. The van der Waals surface area contributed by atoms with Gasteiger partial charge in [0.15, 0.2) is 0 Å². The maximum absolute atomic E-state index is 12.5. The Morgan fingerprint density at radius 1 is 1.26 bits per heavy atom. The van der Waals surface area contributed by atoms with E-state index in [-0.39, 0.29) is 31.2 Å². The van der Waals surface area contributed by atoms with Gasteiger partial charge in [-0.1, -0.05) is 30.3 Å². The Labute approximate surface area is 159 Å². The summed E-state index contributed by atoms with van der Waals surface area (Å²) >= 11 is 0. The van der Waals surface area contributed by atoms with Gasteiger partial charge >= 0.3 is 5.97 Å². The number of nitrogens with one attached hydrogen (secondary N) is 1. The normalized spacial score (nSPS) is 17.7. The van der Waals surface area contributed by atoms with Crippen LogP contribution in [0, 0.1) is 0 Å². The number of carbonyl (C=O) groups is 3. The molecule has 1 fully saturated rings. The number of carbonyl (C=O) groups excluding carboxylic acids is 3. The molecule has 1 aliphatic heterocycles. The Hall–Kier alpha value is -2.67. The number of esters is 1. The first-order valence-electron chi connectivity index (χ1n) is 8.81. The summed E-state index contributed by atoms with van der Waals surface area (Å²) < 4.78 is 5.33. The Kier molecular flexibility index (Phi) is 6.38. The van der Waals surface area contributed by atoms with Crippen LogP contribution in [0.1, 0.15) is 33.3 Å². The van der Waals surface area contributed by atoms with Crippen molar-refractivity contribution in [2.75, 3.05) is 13.2 Å². The average molecular weight is 374 g/mol. The maximum atomic E-state index is 12.5. The van der Waals surface area contributed by atoms with Gasteiger partial charge in [0, 0.05) is 0 Å². The first-order valence-corrected chi connectivity index (χ1v) is 8.81. The van der Waals surface area contributed by atoms with Crippen LogP contribution in [0.25, 0.3) is 0 Å². The number of aliphatic hydroxyl groups is 1. The van der Waals surface area contributed by atoms with Gasteiger partial charge in [0.2, 0.25) is 5.91 Å². The zero-order valence-corrected chi connectivity index (χ0v) is 16.1. The van der Waals surface area contributed by atoms with Gasteiger partial charge in [0.25, 0.3) is 5.91 Å². The van der Waals surface area contributed by atoms with E-state index < -0.39 is 23.5 Å². The molecule has 1 unspecified atom stereocenters. The lowest BCUT2D eigenvalue weighted by atomic mass is 10.0. The predicted octanol–water partition coefficient (Wildman–Crippen LogP) is 1.16. The number of benzene rings is 1. The van der Waals surface area contributed by atoms with E-state index in [2.05, 4.69) is 5.32 Å². The standard InChI is InChI=1S/C20H26N2O5/c1-13(12-23)17(19(26)27-20(2,3)4)22-11-15(18(22)25)21-16(24)10-14-8-6-5-7-9-14/h5-9,15,23H,10-12H2,1-4H3,(H,21,24). The van der Waals surface area contributed by atoms with Crippen LogP contribution in [0.3, 0.4) is 0 Å². The van der Waals surface area contributed by atoms with Crippen molar-refractivity contribution in [3.8, 4) is 0 Å². The van der Waals surface area contributed by atoms with E-state index in [1.54, 1.807) is 27.7 Å². The highest BCUT2D eigenvalue weighted by atomic mass is 16.6. The summed E-state index contributed by atoms with van der Waals surface area (Å²) in [6.07, 6.45) is 0.176. The van der Waals surface area contributed by atoms with Crippen LogP contribution < -0.4 is 5.32 Å². The fraction of sp³-hybridized carbons (Fsp3) is 0.450. The molecule has 1 saturated heterocycles. The number of hydrogen-bond acceptors (Lipinski definition) is 5. The minimum atomic E-state index is -0.727. The zero-order valence-electron chi connectivity index (χ0n) is 16.1. The fourth-order valence-corrected chi connectivity index (χ4v) is 2.68. The van der Waals surface area contributed by atoms with Crippen molar-refractivity contribution < 1.29 is 24.2 Å². The van der Waals surface area contributed by atoms with Crippen LogP contribution in [0.5, 0.6) is 0 Å². The SMILES string of the molecule is CC(CO)=C(C(=O)OC(C)(C)C)N1CC(NC(=O)Cc2ccccc2)C1=O. The number of hydrogen-bond donors (Lipinski definition) is 2. The summed E-state index contributed by atoms with van der Waals surface area (Å²) in [6, 6.07) is 8.53. The molecule has 27 heavy (non-hydrogen) atoms. The highest BCUT2D eigenvalue weighted by Crippen LogP contribution is 2.23. The smallest absolute Gasteiger partial charge is 0.355 e. The first kappa shape index (κ1) is 20.6. The molecule has 1 aromatic rings. The van der Waals surface area contributed by atoms with E-state index in [0.717, 1.165) is 5.56 Å². The van der Waals surface area contributed by atoms with Crippen molar-refractivity contribution in [1.82, 2.24) is 10.2 Å². The second-order valence-electron chi connectivity index (χ2n) is 7.52. The molecule has 7 heteroatoms. The monoisotopic (exact) mass is 374 g/mol. The molecule has 1 aliphatic rings. The minimum Gasteiger partial charge on any atom is -0.455 e. The molecule has 0 saturated carbocycles. The molecule has 0 bridgehead atoms. The van der Waals surface area contributed by atoms with Crippen molar-refractivity contribution >= 4 is 17.8 Å². The number of aliphatic hydroxyl groups excluding tert-OH is 1. The zero-order chi connectivity index (χ0) is 20.2. The van der Waals surface area contributed by atoms with Crippen LogP contribution in [0.15, 0.2) is 41.6 Å². The topological polar surface area (TPSA) is 95.9 Å². The summed E-state index contributed by atoms with van der Waals surface area (Å²) in [5, 5.41) is 12.1. The van der Waals surface area contributed by atoms with Crippen molar-refractivity contribution in [2.45, 2.75) is 45.8 Å². The molecule has 7 nitrogen and oxygen atoms in total. The minimum absolute atomic E-state index is 0.0333. The summed E-state index contributed by atoms with van der Waals surface area (Å²) in [4.78, 5) is 38.3. The molecule has 0 aromatic heterocycles. The fourth-order valence-electron chi connectivity index (χ4n) is 2.68. The Bertz CT molecular complexity index is 749. The van der Waals surface area contributed by atoms with Crippen LogP contribution in [0.2, 0.25) is 0 Å². The lowest BCUT2D eigenvalue weighted by molar-refractivity contribution is -0.157. The average Bonchev–Trinajstić information content (AvgIpc) is 2.59. The predicted molar refractivity (Wildman–Crippen MR) is 99.4 cm³/mol. The third-order valence-corrected chi connectivity index (χ3v) is 3.98. The van der Waals surface area contributed by atoms with Crippen molar-refractivity contribution in [3.63, 3.8) is 0 Å². The Morgan fingerprint density at radius 3 is 2.41 bits per heavy atom. The van der Waals surface area contributed by atoms with E-state index in [9.17, 15) is 19.5 Å². The van der Waals surface area contributed by atoms with Crippen molar-refractivity contribution in [2.24, 2.45) is 0 Å². The molecular weight excluding hydrogens is 348 g/mol. The van der Waals surface area contributed by atoms with E-state index in [0.29, 0.717) is 5.57 Å². The Morgan fingerprint density at radius 2 is 1.89 bits per heavy atom. The number of nitrogens with zero attached hydrogens (tertiary/aromatic N) is 1. The molecule has 0 radical (unpaired) electrons. The quantitative estimate of drug-likeness (QED) is 0.443. The van der Waals surface area contributed by atoms with E-state index >= 15 is 0 Å². The van der Waals surface area contributed by atoms with E-state index in [4.69, 9.17) is 4.74 Å². The molecule has 0 aliphatic carbocycles. The maximum Gasteiger partial charge on any atom is 0.355 e. The molecule has 0 spiro atoms. The Balaban J connectivity index is 2.01. The van der Waals surface area contributed by atoms with Gasteiger partial charge in [0.05, 0.1) is 19.6 Å². The van der Waals surface area contributed by atoms with Gasteiger partial charge in [-0.05, 0) is 38.8 Å². The van der Waals surface area contributed by atoms with Gasteiger partial charge in [-0.2, -0.15) is 0 Å². The number of β-lactam (4-membered cyclic amide) rings is 1. The van der Waals surface area contributed by atoms with Gasteiger partial charge in [-0.15, -0.1) is 0 Å². The second kappa shape index (κ2) is 8.35. The molecule has 1 aromatic carbocycles. The largest absolute Gasteiger partial charge is 0.455 e. The summed E-state index contributed by atoms with van der Waals surface area (Å²) in [7, 11) is 0. The third-order valence-electron chi connectivity index (χ3n) is 3.98. The van der Waals surface area contributed by atoms with Crippen LogP contribution in [-0.2, 0) is 25.5 Å². The lowest BCUT2D eigenvalue weighted by Gasteiger charge is -2.40. The lowest BCUT2D eigenvalue weighted by Crippen LogP contribution is -2.64. The molecule has 2 amide bonds. The number of likely N-dealkylation sites (tertiary alicyclic amines) is 1. The van der Waals surface area contributed by atoms with Gasteiger partial charge in [-0.25, -0.2) is 4.79 Å². The molecule has 2 N–H and O–H groups in total. The summed E-state index contributed by atoms with van der Waals surface area (Å²) in [5.41, 5.74) is 0.497. The highest BCUT2D eigenvalue weighted by Gasteiger charge is 2.43. The van der Waals surface area contributed by atoms with Crippen LogP contribution in [-0.4, -0.2) is 52.6 Å². The molecule has 2 rings (SSSR count). The van der Waals surface area contributed by atoms with Gasteiger partial charge in [-0.3, -0.25) is 9.59 Å². The van der Waals surface area contributed by atoms with Gasteiger partial charge < -0.3 is 20.1 Å².